The molecule has 1 saturated heterocycles. The van der Waals surface area contributed by atoms with Crippen LogP contribution in [0, 0.1) is 0 Å². The van der Waals surface area contributed by atoms with E-state index in [-0.39, 0.29) is 5.91 Å². The summed E-state index contributed by atoms with van der Waals surface area (Å²) in [7, 11) is 3.73. The van der Waals surface area contributed by atoms with Crippen molar-refractivity contribution in [2.24, 2.45) is 0 Å². The van der Waals surface area contributed by atoms with E-state index in [1.807, 2.05) is 12.1 Å². The molecule has 0 unspecified atom stereocenters. The number of hydrogen-bond donors (Lipinski definition) is 1. The highest BCUT2D eigenvalue weighted by Crippen LogP contribution is 2.23. The number of likely N-dealkylation sites (N-methyl/N-ethyl adjacent to an activating group) is 1. The third-order valence-corrected chi connectivity index (χ3v) is 5.27. The third-order valence-electron chi connectivity index (χ3n) is 4.94. The van der Waals surface area contributed by atoms with Gasteiger partial charge in [-0.25, -0.2) is 0 Å². The van der Waals surface area contributed by atoms with Crippen molar-refractivity contribution < 1.29 is 9.53 Å². The Balaban J connectivity index is 1.55. The summed E-state index contributed by atoms with van der Waals surface area (Å²) in [5.41, 5.74) is 2.42. The number of ether oxygens (including phenoxy) is 1. The fourth-order valence-corrected chi connectivity index (χ4v) is 3.32. The van der Waals surface area contributed by atoms with Crippen molar-refractivity contribution in [2.75, 3.05) is 52.2 Å². The molecule has 2 aromatic rings. The average Bonchev–Trinajstić information content (AvgIpc) is 2.69. The van der Waals surface area contributed by atoms with Gasteiger partial charge in [-0.1, -0.05) is 23.7 Å². The minimum absolute atomic E-state index is 0.246. The molecule has 0 radical (unpaired) electrons. The zero-order valence-electron chi connectivity index (χ0n) is 15.9. The zero-order valence-corrected chi connectivity index (χ0v) is 16.6. The first-order valence-electron chi connectivity index (χ1n) is 9.20. The molecule has 144 valence electrons. The van der Waals surface area contributed by atoms with Crippen molar-refractivity contribution in [3.05, 3.63) is 58.6 Å². The maximum absolute atomic E-state index is 12.5. The van der Waals surface area contributed by atoms with E-state index in [1.165, 1.54) is 5.56 Å². The highest BCUT2D eigenvalue weighted by Gasteiger charge is 2.14. The Morgan fingerprint density at radius 2 is 1.81 bits per heavy atom. The van der Waals surface area contributed by atoms with E-state index in [2.05, 4.69) is 34.3 Å². The maximum atomic E-state index is 12.5. The number of carbonyl (C=O) groups excluding carboxylic acids is 1. The molecule has 0 saturated carbocycles. The van der Waals surface area contributed by atoms with Crippen LogP contribution in [0.2, 0.25) is 5.02 Å². The van der Waals surface area contributed by atoms with Crippen LogP contribution in [0.4, 0.5) is 5.69 Å². The fourth-order valence-electron chi connectivity index (χ4n) is 3.12. The molecule has 2 aromatic carbocycles. The summed E-state index contributed by atoms with van der Waals surface area (Å²) in [6.07, 6.45) is 1.01. The van der Waals surface area contributed by atoms with Gasteiger partial charge in [-0.05, 0) is 49.4 Å². The van der Waals surface area contributed by atoms with E-state index in [9.17, 15) is 4.79 Å². The number of benzene rings is 2. The van der Waals surface area contributed by atoms with Crippen LogP contribution < -0.4 is 10.1 Å². The molecule has 0 atom stereocenters. The van der Waals surface area contributed by atoms with Gasteiger partial charge in [0.05, 0.1) is 17.7 Å². The van der Waals surface area contributed by atoms with E-state index in [1.54, 1.807) is 25.3 Å². The number of halogens is 1. The number of hydrogen-bond acceptors (Lipinski definition) is 4. The number of amides is 1. The Morgan fingerprint density at radius 3 is 2.48 bits per heavy atom. The van der Waals surface area contributed by atoms with Crippen LogP contribution >= 0.6 is 11.6 Å². The molecule has 0 bridgehead atoms. The number of rotatable bonds is 6. The molecule has 3 rings (SSSR count). The molecule has 0 aromatic heterocycles. The fraction of sp³-hybridized carbons (Fsp3) is 0.381. The van der Waals surface area contributed by atoms with Crippen molar-refractivity contribution in [3.63, 3.8) is 0 Å². The minimum Gasteiger partial charge on any atom is -0.497 e. The van der Waals surface area contributed by atoms with E-state index in [4.69, 9.17) is 16.3 Å². The molecule has 0 aliphatic carbocycles. The molecular formula is C21H26ClN3O2. The third kappa shape index (κ3) is 5.45. The summed E-state index contributed by atoms with van der Waals surface area (Å²) in [5.74, 6) is 0.355. The molecule has 6 heteroatoms. The molecule has 0 spiro atoms. The van der Waals surface area contributed by atoms with E-state index >= 15 is 0 Å². The topological polar surface area (TPSA) is 44.8 Å². The Kier molecular flexibility index (Phi) is 6.72. The predicted octanol–water partition coefficient (Wildman–Crippen LogP) is 3.39. The van der Waals surface area contributed by atoms with Crippen molar-refractivity contribution >= 4 is 23.2 Å². The van der Waals surface area contributed by atoms with Crippen LogP contribution in [0.1, 0.15) is 15.9 Å². The van der Waals surface area contributed by atoms with Gasteiger partial charge in [-0.15, -0.1) is 0 Å². The highest BCUT2D eigenvalue weighted by atomic mass is 35.5. The lowest BCUT2D eigenvalue weighted by Crippen LogP contribution is -2.45. The second kappa shape index (κ2) is 9.22. The van der Waals surface area contributed by atoms with Crippen LogP contribution in [0.25, 0.3) is 0 Å². The number of nitrogens with one attached hydrogen (secondary N) is 1. The molecule has 27 heavy (non-hydrogen) atoms. The summed E-state index contributed by atoms with van der Waals surface area (Å²) in [6, 6.07) is 13.0. The number of piperazine rings is 1. The molecule has 1 aliphatic heterocycles. The van der Waals surface area contributed by atoms with Gasteiger partial charge < -0.3 is 19.9 Å². The van der Waals surface area contributed by atoms with Crippen molar-refractivity contribution in [2.45, 2.75) is 6.42 Å². The van der Waals surface area contributed by atoms with Gasteiger partial charge in [0.25, 0.3) is 5.91 Å². The number of carbonyl (C=O) groups is 1. The minimum atomic E-state index is -0.246. The summed E-state index contributed by atoms with van der Waals surface area (Å²) >= 11 is 6.14. The van der Waals surface area contributed by atoms with Gasteiger partial charge >= 0.3 is 0 Å². The smallest absolute Gasteiger partial charge is 0.257 e. The van der Waals surface area contributed by atoms with Crippen molar-refractivity contribution in [1.82, 2.24) is 9.80 Å². The van der Waals surface area contributed by atoms with E-state index in [0.29, 0.717) is 16.3 Å². The van der Waals surface area contributed by atoms with Crippen molar-refractivity contribution in [1.29, 1.82) is 0 Å². The zero-order chi connectivity index (χ0) is 19.2. The summed E-state index contributed by atoms with van der Waals surface area (Å²) < 4.78 is 5.16. The number of anilines is 1. The monoisotopic (exact) mass is 387 g/mol. The first-order valence-corrected chi connectivity index (χ1v) is 9.57. The molecule has 1 aliphatic rings. The maximum Gasteiger partial charge on any atom is 0.257 e. The first kappa shape index (κ1) is 19.7. The van der Waals surface area contributed by atoms with Gasteiger partial charge in [0.15, 0.2) is 0 Å². The average molecular weight is 388 g/mol. The lowest BCUT2D eigenvalue weighted by atomic mass is 10.1. The number of nitrogens with zero attached hydrogens (tertiary/aromatic N) is 2. The first-order chi connectivity index (χ1) is 13.0. The molecule has 1 amide bonds. The Bertz CT molecular complexity index is 771. The van der Waals surface area contributed by atoms with Crippen molar-refractivity contribution in [3.8, 4) is 5.75 Å². The van der Waals surface area contributed by atoms with Gasteiger partial charge in [-0.3, -0.25) is 4.79 Å². The summed E-state index contributed by atoms with van der Waals surface area (Å²) in [5, 5.41) is 3.29. The van der Waals surface area contributed by atoms with E-state index in [0.717, 1.165) is 44.8 Å². The van der Waals surface area contributed by atoms with Crippen LogP contribution in [-0.2, 0) is 6.42 Å². The lowest BCUT2D eigenvalue weighted by Gasteiger charge is -2.32. The molecule has 1 N–H and O–H groups in total. The van der Waals surface area contributed by atoms with Gasteiger partial charge in [0.2, 0.25) is 0 Å². The molecule has 1 fully saturated rings. The predicted molar refractivity (Wildman–Crippen MR) is 110 cm³/mol. The molecular weight excluding hydrogens is 362 g/mol. The Hall–Kier alpha value is -2.08. The van der Waals surface area contributed by atoms with Crippen LogP contribution in [0.5, 0.6) is 5.75 Å². The normalized spacial score (nSPS) is 15.5. The molecule has 5 nitrogen and oxygen atoms in total. The second-order valence-corrected chi connectivity index (χ2v) is 7.30. The Morgan fingerprint density at radius 1 is 1.11 bits per heavy atom. The van der Waals surface area contributed by atoms with Crippen LogP contribution in [-0.4, -0.2) is 62.6 Å². The SMILES string of the molecule is COc1ccc(Cl)c(C(=O)Nc2ccc(CCN3CCN(C)CC3)cc2)c1. The quantitative estimate of drug-likeness (QED) is 0.825. The summed E-state index contributed by atoms with van der Waals surface area (Å²) in [6.45, 7) is 5.60. The second-order valence-electron chi connectivity index (χ2n) is 6.89. The van der Waals surface area contributed by atoms with Gasteiger partial charge in [0, 0.05) is 38.4 Å². The van der Waals surface area contributed by atoms with Gasteiger partial charge in [-0.2, -0.15) is 0 Å². The highest BCUT2D eigenvalue weighted by molar-refractivity contribution is 6.34. The summed E-state index contributed by atoms with van der Waals surface area (Å²) in [4.78, 5) is 17.3. The standard InChI is InChI=1S/C21H26ClN3O2/c1-24-11-13-25(14-12-24)10-9-16-3-5-17(6-4-16)23-21(26)19-15-18(27-2)7-8-20(19)22/h3-8,15H,9-14H2,1-2H3,(H,23,26). The van der Waals surface area contributed by atoms with Crippen LogP contribution in [0.3, 0.4) is 0 Å². The Labute approximate surface area is 165 Å². The van der Waals surface area contributed by atoms with E-state index < -0.39 is 0 Å². The number of methoxy groups -OCH3 is 1. The van der Waals surface area contributed by atoms with Crippen LogP contribution in [0.15, 0.2) is 42.5 Å². The largest absolute Gasteiger partial charge is 0.497 e. The lowest BCUT2D eigenvalue weighted by molar-refractivity contribution is 0.102. The van der Waals surface area contributed by atoms with Gasteiger partial charge in [0.1, 0.15) is 5.75 Å². The molecule has 1 heterocycles.